The number of rotatable bonds is 6. The van der Waals surface area contributed by atoms with Crippen molar-refractivity contribution in [3.8, 4) is 11.5 Å². The minimum atomic E-state index is -0.515. The van der Waals surface area contributed by atoms with Crippen LogP contribution in [0.3, 0.4) is 0 Å². The zero-order valence-corrected chi connectivity index (χ0v) is 13.3. The van der Waals surface area contributed by atoms with E-state index in [0.717, 1.165) is 0 Å². The summed E-state index contributed by atoms with van der Waals surface area (Å²) in [5.74, 6) is -0.799. The zero-order chi connectivity index (χ0) is 17.5. The molecule has 0 spiro atoms. The Morgan fingerprint density at radius 1 is 1.04 bits per heavy atom. The van der Waals surface area contributed by atoms with E-state index in [0.29, 0.717) is 17.2 Å². The number of halogens is 1. The quantitative estimate of drug-likeness (QED) is 0.850. The summed E-state index contributed by atoms with van der Waals surface area (Å²) in [5.41, 5.74) is 0.505. The smallest absolute Gasteiger partial charge is 0.259 e. The molecule has 2 aromatic carbocycles. The molecule has 0 radical (unpaired) electrons. The van der Waals surface area contributed by atoms with Crippen molar-refractivity contribution in [2.75, 3.05) is 26.1 Å². The number of carbonyl (C=O) groups is 2. The number of nitrogens with one attached hydrogen (secondary N) is 2. The lowest BCUT2D eigenvalue weighted by molar-refractivity contribution is -0.115. The second-order valence-corrected chi connectivity index (χ2v) is 4.78. The first-order valence-electron chi connectivity index (χ1n) is 7.09. The molecule has 0 saturated heterocycles. The molecule has 126 valence electrons. The minimum Gasteiger partial charge on any atom is -0.496 e. The van der Waals surface area contributed by atoms with Crippen LogP contribution in [0.5, 0.6) is 11.5 Å². The summed E-state index contributed by atoms with van der Waals surface area (Å²) in [5, 5.41) is 4.97. The predicted molar refractivity (Wildman–Crippen MR) is 86.9 cm³/mol. The SMILES string of the molecule is COc1cccc(OC)c1C(=O)NCC(=O)Nc1cccc(F)c1. The molecule has 2 aromatic rings. The molecular weight excluding hydrogens is 315 g/mol. The van der Waals surface area contributed by atoms with Gasteiger partial charge in [0.05, 0.1) is 20.8 Å². The van der Waals surface area contributed by atoms with Crippen LogP contribution in [0.2, 0.25) is 0 Å². The highest BCUT2D eigenvalue weighted by atomic mass is 19.1. The molecule has 24 heavy (non-hydrogen) atoms. The summed E-state index contributed by atoms with van der Waals surface area (Å²) in [6.45, 7) is -0.281. The zero-order valence-electron chi connectivity index (χ0n) is 13.3. The van der Waals surface area contributed by atoms with Gasteiger partial charge in [-0.15, -0.1) is 0 Å². The van der Waals surface area contributed by atoms with E-state index in [1.54, 1.807) is 24.3 Å². The monoisotopic (exact) mass is 332 g/mol. The first kappa shape index (κ1) is 17.3. The molecule has 0 aromatic heterocycles. The number of amides is 2. The van der Waals surface area contributed by atoms with Gasteiger partial charge >= 0.3 is 0 Å². The van der Waals surface area contributed by atoms with Crippen LogP contribution in [0.1, 0.15) is 10.4 Å². The van der Waals surface area contributed by atoms with Gasteiger partial charge in [-0.3, -0.25) is 9.59 Å². The van der Waals surface area contributed by atoms with Gasteiger partial charge in [0.1, 0.15) is 22.9 Å². The molecule has 0 aliphatic heterocycles. The van der Waals surface area contributed by atoms with Crippen LogP contribution in [-0.4, -0.2) is 32.6 Å². The Hall–Kier alpha value is -3.09. The highest BCUT2D eigenvalue weighted by molar-refractivity contribution is 6.02. The van der Waals surface area contributed by atoms with Crippen molar-refractivity contribution in [2.45, 2.75) is 0 Å². The van der Waals surface area contributed by atoms with E-state index >= 15 is 0 Å². The number of carbonyl (C=O) groups excluding carboxylic acids is 2. The van der Waals surface area contributed by atoms with Crippen LogP contribution in [0, 0.1) is 5.82 Å². The lowest BCUT2D eigenvalue weighted by Crippen LogP contribution is -2.33. The van der Waals surface area contributed by atoms with E-state index in [2.05, 4.69) is 10.6 Å². The van der Waals surface area contributed by atoms with Gasteiger partial charge in [0.25, 0.3) is 5.91 Å². The van der Waals surface area contributed by atoms with E-state index < -0.39 is 17.6 Å². The Bertz CT molecular complexity index is 727. The topological polar surface area (TPSA) is 76.7 Å². The Labute approximate surface area is 138 Å². The van der Waals surface area contributed by atoms with Gasteiger partial charge in [0, 0.05) is 5.69 Å². The molecule has 2 N–H and O–H groups in total. The number of hydrogen-bond donors (Lipinski definition) is 2. The second kappa shape index (κ2) is 7.96. The fourth-order valence-electron chi connectivity index (χ4n) is 2.10. The third-order valence-corrected chi connectivity index (χ3v) is 3.17. The Balaban J connectivity index is 2.02. The summed E-state index contributed by atoms with van der Waals surface area (Å²) in [7, 11) is 2.87. The average Bonchev–Trinajstić information content (AvgIpc) is 2.58. The Morgan fingerprint density at radius 2 is 1.67 bits per heavy atom. The fraction of sp³-hybridized carbons (Fsp3) is 0.176. The van der Waals surface area contributed by atoms with Crippen molar-refractivity contribution in [3.05, 3.63) is 53.8 Å². The van der Waals surface area contributed by atoms with Crippen molar-refractivity contribution in [1.29, 1.82) is 0 Å². The maximum Gasteiger partial charge on any atom is 0.259 e. The highest BCUT2D eigenvalue weighted by Crippen LogP contribution is 2.27. The lowest BCUT2D eigenvalue weighted by Gasteiger charge is -2.13. The average molecular weight is 332 g/mol. The molecule has 7 heteroatoms. The van der Waals surface area contributed by atoms with Crippen LogP contribution in [0.4, 0.5) is 10.1 Å². The summed E-state index contributed by atoms with van der Waals surface area (Å²) in [6.07, 6.45) is 0. The largest absolute Gasteiger partial charge is 0.496 e. The molecule has 0 bridgehead atoms. The van der Waals surface area contributed by atoms with Gasteiger partial charge in [-0.1, -0.05) is 12.1 Å². The molecular formula is C17H17FN2O4. The number of methoxy groups -OCH3 is 2. The molecule has 0 heterocycles. The van der Waals surface area contributed by atoms with Crippen LogP contribution < -0.4 is 20.1 Å². The van der Waals surface area contributed by atoms with Crippen molar-refractivity contribution in [3.63, 3.8) is 0 Å². The Kier molecular flexibility index (Phi) is 5.73. The molecule has 0 atom stereocenters. The number of anilines is 1. The van der Waals surface area contributed by atoms with Gasteiger partial charge in [-0.2, -0.15) is 0 Å². The summed E-state index contributed by atoms with van der Waals surface area (Å²) >= 11 is 0. The third kappa shape index (κ3) is 4.22. The minimum absolute atomic E-state index is 0.195. The maximum absolute atomic E-state index is 13.1. The Morgan fingerprint density at radius 3 is 2.25 bits per heavy atom. The van der Waals surface area contributed by atoms with E-state index in [1.165, 1.54) is 32.4 Å². The fourth-order valence-corrected chi connectivity index (χ4v) is 2.10. The molecule has 0 aliphatic carbocycles. The number of benzene rings is 2. The molecule has 0 fully saturated rings. The van der Waals surface area contributed by atoms with Crippen LogP contribution in [0.25, 0.3) is 0 Å². The summed E-state index contributed by atoms with van der Waals surface area (Å²) in [6, 6.07) is 10.4. The van der Waals surface area contributed by atoms with E-state index in [9.17, 15) is 14.0 Å². The lowest BCUT2D eigenvalue weighted by atomic mass is 10.1. The van der Waals surface area contributed by atoms with E-state index in [1.807, 2.05) is 0 Å². The molecule has 2 rings (SSSR count). The van der Waals surface area contributed by atoms with Crippen molar-refractivity contribution >= 4 is 17.5 Å². The molecule has 2 amide bonds. The summed E-state index contributed by atoms with van der Waals surface area (Å²) < 4.78 is 23.4. The standard InChI is InChI=1S/C17H17FN2O4/c1-23-13-7-4-8-14(24-2)16(13)17(22)19-10-15(21)20-12-6-3-5-11(18)9-12/h3-9H,10H2,1-2H3,(H,19,22)(H,20,21). The van der Waals surface area contributed by atoms with Gasteiger partial charge in [0.2, 0.25) is 5.91 Å². The predicted octanol–water partition coefficient (Wildman–Crippen LogP) is 2.21. The molecule has 0 saturated carbocycles. The second-order valence-electron chi connectivity index (χ2n) is 4.78. The summed E-state index contributed by atoms with van der Waals surface area (Å²) in [4.78, 5) is 24.2. The van der Waals surface area contributed by atoms with Crippen LogP contribution in [0.15, 0.2) is 42.5 Å². The molecule has 0 aliphatic rings. The first-order valence-corrected chi connectivity index (χ1v) is 7.09. The van der Waals surface area contributed by atoms with E-state index in [4.69, 9.17) is 9.47 Å². The van der Waals surface area contributed by atoms with Gasteiger partial charge < -0.3 is 20.1 Å². The van der Waals surface area contributed by atoms with Crippen molar-refractivity contribution in [2.24, 2.45) is 0 Å². The number of hydrogen-bond acceptors (Lipinski definition) is 4. The maximum atomic E-state index is 13.1. The van der Waals surface area contributed by atoms with Gasteiger partial charge in [-0.05, 0) is 30.3 Å². The van der Waals surface area contributed by atoms with Crippen LogP contribution in [-0.2, 0) is 4.79 Å². The van der Waals surface area contributed by atoms with Crippen LogP contribution >= 0.6 is 0 Å². The van der Waals surface area contributed by atoms with Gasteiger partial charge in [0.15, 0.2) is 0 Å². The molecule has 6 nitrogen and oxygen atoms in total. The molecule has 0 unspecified atom stereocenters. The van der Waals surface area contributed by atoms with Crippen molar-refractivity contribution in [1.82, 2.24) is 5.32 Å². The van der Waals surface area contributed by atoms with E-state index in [-0.39, 0.29) is 12.1 Å². The van der Waals surface area contributed by atoms with Crippen molar-refractivity contribution < 1.29 is 23.5 Å². The highest BCUT2D eigenvalue weighted by Gasteiger charge is 2.18. The third-order valence-electron chi connectivity index (χ3n) is 3.17. The van der Waals surface area contributed by atoms with Gasteiger partial charge in [-0.25, -0.2) is 4.39 Å². The number of ether oxygens (including phenoxy) is 2. The normalized spacial score (nSPS) is 9.96. The first-order chi connectivity index (χ1) is 11.5.